The molecule has 5 nitrogen and oxygen atoms in total. The molecular formula is C14H14N4O. The summed E-state index contributed by atoms with van der Waals surface area (Å²) in [4.78, 5) is 11.8. The zero-order chi connectivity index (χ0) is 13.7. The summed E-state index contributed by atoms with van der Waals surface area (Å²) in [5, 5.41) is 23.7. The van der Waals surface area contributed by atoms with Crippen molar-refractivity contribution in [3.05, 3.63) is 29.3 Å². The van der Waals surface area contributed by atoms with E-state index >= 15 is 0 Å². The summed E-state index contributed by atoms with van der Waals surface area (Å²) in [5.74, 6) is -0.0759. The van der Waals surface area contributed by atoms with Crippen LogP contribution in [0.5, 0.6) is 0 Å². The van der Waals surface area contributed by atoms with E-state index in [4.69, 9.17) is 10.5 Å². The highest BCUT2D eigenvalue weighted by atomic mass is 16.1. The monoisotopic (exact) mass is 254 g/mol. The second-order valence-electron chi connectivity index (χ2n) is 4.53. The van der Waals surface area contributed by atoms with E-state index in [1.54, 1.807) is 12.1 Å². The number of rotatable bonds is 3. The molecule has 1 unspecified atom stereocenters. The van der Waals surface area contributed by atoms with E-state index in [0.717, 1.165) is 19.4 Å². The molecule has 2 N–H and O–H groups in total. The van der Waals surface area contributed by atoms with Crippen LogP contribution in [0.25, 0.3) is 0 Å². The molecule has 1 fully saturated rings. The second kappa shape index (κ2) is 5.99. The van der Waals surface area contributed by atoms with Gasteiger partial charge in [0, 0.05) is 18.2 Å². The molecule has 2 rings (SSSR count). The highest BCUT2D eigenvalue weighted by molar-refractivity contribution is 5.91. The zero-order valence-electron chi connectivity index (χ0n) is 10.4. The lowest BCUT2D eigenvalue weighted by molar-refractivity contribution is -0.116. The summed E-state index contributed by atoms with van der Waals surface area (Å²) in [6.07, 6.45) is 2.56. The third-order valence-electron chi connectivity index (χ3n) is 3.14. The molecule has 0 aliphatic carbocycles. The van der Waals surface area contributed by atoms with Crippen LogP contribution in [-0.4, -0.2) is 18.5 Å². The van der Waals surface area contributed by atoms with Crippen molar-refractivity contribution in [3.8, 4) is 12.1 Å². The van der Waals surface area contributed by atoms with Gasteiger partial charge < -0.3 is 10.6 Å². The fourth-order valence-corrected chi connectivity index (χ4v) is 2.18. The van der Waals surface area contributed by atoms with Gasteiger partial charge in [-0.2, -0.15) is 10.5 Å². The maximum atomic E-state index is 11.8. The molecule has 5 heteroatoms. The highest BCUT2D eigenvalue weighted by Gasteiger charge is 2.17. The van der Waals surface area contributed by atoms with Crippen LogP contribution in [0.4, 0.5) is 5.69 Å². The van der Waals surface area contributed by atoms with Crippen molar-refractivity contribution < 1.29 is 4.79 Å². The minimum atomic E-state index is -0.0759. The van der Waals surface area contributed by atoms with Gasteiger partial charge in [-0.3, -0.25) is 4.79 Å². The second-order valence-corrected chi connectivity index (χ2v) is 4.53. The highest BCUT2D eigenvalue weighted by Crippen LogP contribution is 2.16. The van der Waals surface area contributed by atoms with Crippen LogP contribution < -0.4 is 10.6 Å². The third-order valence-corrected chi connectivity index (χ3v) is 3.14. The minimum Gasteiger partial charge on any atom is -0.326 e. The van der Waals surface area contributed by atoms with Gasteiger partial charge in [-0.15, -0.1) is 0 Å². The summed E-state index contributed by atoms with van der Waals surface area (Å²) in [7, 11) is 0. The molecule has 1 saturated heterocycles. The number of benzene rings is 1. The van der Waals surface area contributed by atoms with Crippen LogP contribution in [-0.2, 0) is 4.79 Å². The molecular weight excluding hydrogens is 240 g/mol. The first-order valence-corrected chi connectivity index (χ1v) is 6.20. The Balaban J connectivity index is 2.01. The molecule has 1 aliphatic heterocycles. The Morgan fingerprint density at radius 1 is 1.37 bits per heavy atom. The Bertz CT molecular complexity index is 562. The molecule has 1 aromatic carbocycles. The van der Waals surface area contributed by atoms with E-state index in [1.807, 2.05) is 12.1 Å². The number of hydrogen-bond donors (Lipinski definition) is 2. The summed E-state index contributed by atoms with van der Waals surface area (Å²) in [6, 6.07) is 8.84. The normalized spacial score (nSPS) is 17.5. The lowest BCUT2D eigenvalue weighted by Crippen LogP contribution is -2.27. The minimum absolute atomic E-state index is 0.0759. The Kier molecular flexibility index (Phi) is 4.12. The molecule has 1 amide bonds. The quantitative estimate of drug-likeness (QED) is 0.855. The molecule has 0 spiro atoms. The lowest BCUT2D eigenvalue weighted by atomic mass is 10.1. The molecule has 0 radical (unpaired) electrons. The van der Waals surface area contributed by atoms with Crippen LogP contribution in [0.3, 0.4) is 0 Å². The van der Waals surface area contributed by atoms with E-state index in [1.165, 1.54) is 6.07 Å². The van der Waals surface area contributed by atoms with Crippen molar-refractivity contribution in [2.45, 2.75) is 25.3 Å². The number of amides is 1. The van der Waals surface area contributed by atoms with Gasteiger partial charge in [-0.05, 0) is 37.6 Å². The predicted octanol–water partition coefficient (Wildman–Crippen LogP) is 1.51. The molecule has 19 heavy (non-hydrogen) atoms. The van der Waals surface area contributed by atoms with Gasteiger partial charge in [0.25, 0.3) is 0 Å². The van der Waals surface area contributed by atoms with Crippen molar-refractivity contribution >= 4 is 11.6 Å². The van der Waals surface area contributed by atoms with Gasteiger partial charge in [0.05, 0.1) is 11.1 Å². The van der Waals surface area contributed by atoms with E-state index in [-0.39, 0.29) is 17.5 Å². The largest absolute Gasteiger partial charge is 0.326 e. The molecule has 1 aliphatic rings. The predicted molar refractivity (Wildman–Crippen MR) is 70.1 cm³/mol. The first kappa shape index (κ1) is 13.1. The third kappa shape index (κ3) is 3.31. The number of carbonyl (C=O) groups excluding carboxylic acids is 1. The standard InChI is InChI=1S/C14H14N4O/c15-8-10-3-4-13(6-11(10)9-16)18-14(19)7-12-2-1-5-17-12/h3-4,6,12,17H,1-2,5,7H2,(H,18,19). The van der Waals surface area contributed by atoms with Gasteiger partial charge >= 0.3 is 0 Å². The Labute approximate surface area is 111 Å². The van der Waals surface area contributed by atoms with Crippen LogP contribution in [0.1, 0.15) is 30.4 Å². The van der Waals surface area contributed by atoms with Crippen LogP contribution >= 0.6 is 0 Å². The summed E-state index contributed by atoms with van der Waals surface area (Å²) in [5.41, 5.74) is 1.15. The lowest BCUT2D eigenvalue weighted by Gasteiger charge is -2.10. The average Bonchev–Trinajstić information content (AvgIpc) is 2.91. The van der Waals surface area contributed by atoms with Crippen molar-refractivity contribution in [3.63, 3.8) is 0 Å². The van der Waals surface area contributed by atoms with Crippen LogP contribution in [0, 0.1) is 22.7 Å². The Hall–Kier alpha value is -2.37. The molecule has 1 heterocycles. The van der Waals surface area contributed by atoms with E-state index in [2.05, 4.69) is 10.6 Å². The summed E-state index contributed by atoms with van der Waals surface area (Å²) >= 11 is 0. The number of hydrogen-bond acceptors (Lipinski definition) is 4. The van der Waals surface area contributed by atoms with Crippen LogP contribution in [0.2, 0.25) is 0 Å². The maximum absolute atomic E-state index is 11.8. The van der Waals surface area contributed by atoms with Crippen molar-refractivity contribution in [1.82, 2.24) is 5.32 Å². The van der Waals surface area contributed by atoms with E-state index in [0.29, 0.717) is 17.7 Å². The topological polar surface area (TPSA) is 88.7 Å². The molecule has 96 valence electrons. The average molecular weight is 254 g/mol. The summed E-state index contributed by atoms with van der Waals surface area (Å²) < 4.78 is 0. The van der Waals surface area contributed by atoms with Crippen molar-refractivity contribution in [2.75, 3.05) is 11.9 Å². The number of carbonyl (C=O) groups is 1. The first-order valence-electron chi connectivity index (χ1n) is 6.20. The van der Waals surface area contributed by atoms with Crippen molar-refractivity contribution in [1.29, 1.82) is 10.5 Å². The van der Waals surface area contributed by atoms with Gasteiger partial charge in [0.1, 0.15) is 12.1 Å². The fraction of sp³-hybridized carbons (Fsp3) is 0.357. The van der Waals surface area contributed by atoms with Crippen LogP contribution in [0.15, 0.2) is 18.2 Å². The van der Waals surface area contributed by atoms with Gasteiger partial charge in [-0.1, -0.05) is 0 Å². The zero-order valence-corrected chi connectivity index (χ0v) is 10.4. The molecule has 1 atom stereocenters. The van der Waals surface area contributed by atoms with Gasteiger partial charge in [-0.25, -0.2) is 0 Å². The number of anilines is 1. The maximum Gasteiger partial charge on any atom is 0.225 e. The molecule has 0 saturated carbocycles. The summed E-state index contributed by atoms with van der Waals surface area (Å²) in [6.45, 7) is 0.966. The Morgan fingerprint density at radius 2 is 2.16 bits per heavy atom. The van der Waals surface area contributed by atoms with Gasteiger partial charge in [0.2, 0.25) is 5.91 Å². The fourth-order valence-electron chi connectivity index (χ4n) is 2.18. The molecule has 0 aromatic heterocycles. The first-order chi connectivity index (χ1) is 9.22. The molecule has 0 bridgehead atoms. The molecule has 1 aromatic rings. The number of nitriles is 2. The van der Waals surface area contributed by atoms with E-state index < -0.39 is 0 Å². The van der Waals surface area contributed by atoms with Crippen molar-refractivity contribution in [2.24, 2.45) is 0 Å². The van der Waals surface area contributed by atoms with Gasteiger partial charge in [0.15, 0.2) is 0 Å². The number of nitrogens with one attached hydrogen (secondary N) is 2. The number of nitrogens with zero attached hydrogens (tertiary/aromatic N) is 2. The Morgan fingerprint density at radius 3 is 2.79 bits per heavy atom. The SMILES string of the molecule is N#Cc1ccc(NC(=O)CC2CCCN2)cc1C#N. The van der Waals surface area contributed by atoms with E-state index in [9.17, 15) is 4.79 Å². The smallest absolute Gasteiger partial charge is 0.225 e.